The number of allylic oxidation sites excluding steroid dienone is 2. The number of hydrogen-bond donors (Lipinski definition) is 4. The van der Waals surface area contributed by atoms with Crippen molar-refractivity contribution in [1.82, 2.24) is 4.90 Å². The Morgan fingerprint density at radius 2 is 1.70 bits per heavy atom. The lowest BCUT2D eigenvalue weighted by Crippen LogP contribution is -2.30. The smallest absolute Gasteiger partial charge is 0.322 e. The minimum absolute atomic E-state index is 0.181. The van der Waals surface area contributed by atoms with E-state index >= 15 is 0 Å². The second kappa shape index (κ2) is 30.5. The van der Waals surface area contributed by atoms with Crippen LogP contribution in [0.25, 0.3) is 0 Å². The lowest BCUT2D eigenvalue weighted by Gasteiger charge is -2.22. The van der Waals surface area contributed by atoms with Crippen LogP contribution in [0.2, 0.25) is 0 Å². The average Bonchev–Trinajstić information content (AvgIpc) is 2.77. The van der Waals surface area contributed by atoms with Gasteiger partial charge in [-0.15, -0.1) is 18.3 Å². The second-order valence-electron chi connectivity index (χ2n) is 7.20. The molecule has 1 atom stereocenters. The topological polar surface area (TPSA) is 112 Å². The maximum Gasteiger partial charge on any atom is 0.322 e. The highest BCUT2D eigenvalue weighted by atomic mass is 32.2. The zero-order valence-corrected chi connectivity index (χ0v) is 23.2. The Morgan fingerprint density at radius 1 is 1.18 bits per heavy atom. The summed E-state index contributed by atoms with van der Waals surface area (Å²) in [6.07, 6.45) is 8.03. The van der Waals surface area contributed by atoms with Crippen molar-refractivity contribution in [2.45, 2.75) is 54.1 Å². The molecule has 0 aliphatic carbocycles. The molecule has 0 radical (unpaired) electrons. The molecule has 4 N–H and O–H groups in total. The van der Waals surface area contributed by atoms with Gasteiger partial charge in [0.15, 0.2) is 0 Å². The average molecular weight is 492 g/mol. The molecule has 0 aromatic carbocycles. The molecule has 33 heavy (non-hydrogen) atoms. The lowest BCUT2D eigenvalue weighted by molar-refractivity contribution is -0.423. The predicted molar refractivity (Wildman–Crippen MR) is 144 cm³/mol. The molecule has 0 saturated heterocycles. The molecule has 0 spiro atoms. The largest absolute Gasteiger partial charge is 0.397 e. The number of aliphatic hydroxyl groups is 4. The molecule has 0 fully saturated rings. The van der Waals surface area contributed by atoms with Gasteiger partial charge in [-0.2, -0.15) is 0 Å². The first kappa shape index (κ1) is 38.7. The SMILES string of the molecule is C/C(=C\C(C)C)N(C)CC(O)CO.C=CCN=NC(C)=[N+](C)/C=C\SC.CCCO.CCO. The van der Waals surface area contributed by atoms with E-state index in [0.29, 0.717) is 25.6 Å². The predicted octanol–water partition coefficient (Wildman–Crippen LogP) is 3.74. The molecular formula is C24H51N4O4S+. The summed E-state index contributed by atoms with van der Waals surface area (Å²) in [5, 5.41) is 43.2. The molecule has 1 unspecified atom stereocenters. The Bertz CT molecular complexity index is 549. The highest BCUT2D eigenvalue weighted by Gasteiger charge is 2.06. The fourth-order valence-corrected chi connectivity index (χ4v) is 1.96. The van der Waals surface area contributed by atoms with Gasteiger partial charge in [-0.05, 0) is 32.4 Å². The van der Waals surface area contributed by atoms with Crippen LogP contribution >= 0.6 is 11.8 Å². The zero-order valence-electron chi connectivity index (χ0n) is 22.4. The Labute approximate surface area is 207 Å². The molecular weight excluding hydrogens is 440 g/mol. The zero-order chi connectivity index (χ0) is 26.7. The summed E-state index contributed by atoms with van der Waals surface area (Å²) in [6, 6.07) is 0. The first-order valence-electron chi connectivity index (χ1n) is 11.2. The monoisotopic (exact) mass is 491 g/mol. The quantitative estimate of drug-likeness (QED) is 0.122. The number of nitrogens with zero attached hydrogens (tertiary/aromatic N) is 4. The van der Waals surface area contributed by atoms with Crippen molar-refractivity contribution in [3.8, 4) is 0 Å². The number of aliphatic hydroxyl groups excluding tert-OH is 4. The maximum atomic E-state index is 9.19. The van der Waals surface area contributed by atoms with Gasteiger partial charge in [0.2, 0.25) is 0 Å². The van der Waals surface area contributed by atoms with Crippen LogP contribution in [0.3, 0.4) is 0 Å². The molecule has 196 valence electrons. The standard InChI is InChI=1S/C10H21NO2.C9H16N3S.C3H8O.C2H6O/c1-8(2)5-9(3)11(4)6-10(13)7-12;1-5-6-10-11-9(2)12(3)7-8-13-4;1-2-3-4;1-2-3/h5,8,10,12-13H,6-7H2,1-4H3;5,7-8H,1,6H2,2-4H3;4H,2-3H2,1H3;3H,2H2,1H3/q;+1;;/b9-5+;8-7-;;. The summed E-state index contributed by atoms with van der Waals surface area (Å²) in [6.45, 7) is 16.7. The van der Waals surface area contributed by atoms with Crippen molar-refractivity contribution in [2.75, 3.05) is 53.3 Å². The molecule has 9 heteroatoms. The van der Waals surface area contributed by atoms with Gasteiger partial charge in [-0.1, -0.05) is 38.0 Å². The van der Waals surface area contributed by atoms with Gasteiger partial charge in [0.05, 0.1) is 31.1 Å². The summed E-state index contributed by atoms with van der Waals surface area (Å²) in [4.78, 5) is 1.95. The van der Waals surface area contributed by atoms with Gasteiger partial charge in [-0.25, -0.2) is 4.58 Å². The minimum Gasteiger partial charge on any atom is -0.397 e. The van der Waals surface area contributed by atoms with Crippen LogP contribution in [0.1, 0.15) is 48.0 Å². The minimum atomic E-state index is -0.652. The number of amidine groups is 1. The van der Waals surface area contributed by atoms with Crippen LogP contribution in [0.4, 0.5) is 0 Å². The van der Waals surface area contributed by atoms with E-state index in [0.717, 1.165) is 18.0 Å². The number of hydrogen-bond acceptors (Lipinski definition) is 7. The summed E-state index contributed by atoms with van der Waals surface area (Å²) in [7, 11) is 3.85. The van der Waals surface area contributed by atoms with Crippen LogP contribution in [-0.2, 0) is 0 Å². The third-order valence-electron chi connectivity index (χ3n) is 3.45. The highest BCUT2D eigenvalue weighted by Crippen LogP contribution is 2.06. The van der Waals surface area contributed by atoms with Gasteiger partial charge >= 0.3 is 5.84 Å². The van der Waals surface area contributed by atoms with Crippen molar-refractivity contribution < 1.29 is 25.0 Å². The number of thioether (sulfide) groups is 1. The van der Waals surface area contributed by atoms with E-state index in [4.69, 9.17) is 15.3 Å². The molecule has 0 amide bonds. The van der Waals surface area contributed by atoms with Crippen LogP contribution in [0, 0.1) is 5.92 Å². The highest BCUT2D eigenvalue weighted by molar-refractivity contribution is 8.01. The molecule has 0 aromatic heterocycles. The normalized spacial score (nSPS) is 12.7. The number of azo groups is 1. The van der Waals surface area contributed by atoms with E-state index in [9.17, 15) is 5.11 Å². The van der Waals surface area contributed by atoms with E-state index < -0.39 is 6.10 Å². The van der Waals surface area contributed by atoms with Gasteiger partial charge in [-0.3, -0.25) is 0 Å². The fraction of sp³-hybridized carbons (Fsp3) is 0.708. The first-order chi connectivity index (χ1) is 15.5. The molecule has 0 heterocycles. The third-order valence-corrected chi connectivity index (χ3v) is 3.85. The van der Waals surface area contributed by atoms with Crippen LogP contribution in [0.15, 0.2) is 46.3 Å². The van der Waals surface area contributed by atoms with Crippen molar-refractivity contribution in [3.63, 3.8) is 0 Å². The fourth-order valence-electron chi connectivity index (χ4n) is 1.66. The first-order valence-corrected chi connectivity index (χ1v) is 12.5. The Hall–Kier alpha value is -1.52. The van der Waals surface area contributed by atoms with Gasteiger partial charge < -0.3 is 25.3 Å². The third kappa shape index (κ3) is 35.3. The van der Waals surface area contributed by atoms with Crippen LogP contribution in [0.5, 0.6) is 0 Å². The van der Waals surface area contributed by atoms with Crippen molar-refractivity contribution >= 4 is 17.6 Å². The molecule has 0 aliphatic heterocycles. The van der Waals surface area contributed by atoms with Gasteiger partial charge in [0.25, 0.3) is 0 Å². The van der Waals surface area contributed by atoms with Crippen molar-refractivity contribution in [1.29, 1.82) is 0 Å². The van der Waals surface area contributed by atoms with Crippen molar-refractivity contribution in [3.05, 3.63) is 36.0 Å². The van der Waals surface area contributed by atoms with Crippen LogP contribution in [-0.4, -0.2) is 95.1 Å². The van der Waals surface area contributed by atoms with E-state index in [1.165, 1.54) is 0 Å². The molecule has 0 rings (SSSR count). The number of likely N-dealkylation sites (N-methyl/N-ethyl adjacent to an activating group) is 1. The summed E-state index contributed by atoms with van der Waals surface area (Å²) in [5.74, 6) is 1.38. The summed E-state index contributed by atoms with van der Waals surface area (Å²) in [5.41, 5.74) is 1.13. The molecule has 0 saturated carbocycles. The van der Waals surface area contributed by atoms with E-state index in [1.807, 2.05) is 62.2 Å². The Balaban J connectivity index is -0.000000199. The lowest BCUT2D eigenvalue weighted by atomic mass is 10.2. The molecule has 0 bridgehead atoms. The maximum absolute atomic E-state index is 9.19. The Morgan fingerprint density at radius 3 is 2.06 bits per heavy atom. The molecule has 0 aliphatic rings. The van der Waals surface area contributed by atoms with E-state index in [-0.39, 0.29) is 13.2 Å². The van der Waals surface area contributed by atoms with Gasteiger partial charge in [0.1, 0.15) is 6.54 Å². The Kier molecular flexibility index (Phi) is 35.8. The van der Waals surface area contributed by atoms with Gasteiger partial charge in [0, 0.05) is 44.8 Å². The summed E-state index contributed by atoms with van der Waals surface area (Å²) < 4.78 is 1.92. The molecule has 8 nitrogen and oxygen atoms in total. The van der Waals surface area contributed by atoms with Crippen molar-refractivity contribution in [2.24, 2.45) is 16.1 Å². The van der Waals surface area contributed by atoms with Crippen LogP contribution < -0.4 is 0 Å². The summed E-state index contributed by atoms with van der Waals surface area (Å²) >= 11 is 1.65. The number of rotatable bonds is 10. The second-order valence-corrected chi connectivity index (χ2v) is 7.94. The molecule has 0 aromatic rings. The van der Waals surface area contributed by atoms with E-state index in [1.54, 1.807) is 24.8 Å². The van der Waals surface area contributed by atoms with E-state index in [2.05, 4.69) is 36.7 Å².